The second kappa shape index (κ2) is 4.57. The molecule has 90 valence electrons. The van der Waals surface area contributed by atoms with E-state index < -0.39 is 18.3 Å². The molecule has 5 nitrogen and oxygen atoms in total. The summed E-state index contributed by atoms with van der Waals surface area (Å²) in [5.74, 6) is -0.0700. The van der Waals surface area contributed by atoms with Crippen LogP contribution in [0.3, 0.4) is 0 Å². The fourth-order valence-electron chi connectivity index (χ4n) is 1.68. The van der Waals surface area contributed by atoms with Crippen LogP contribution in [-0.2, 0) is 6.42 Å². The van der Waals surface area contributed by atoms with Gasteiger partial charge in [0.1, 0.15) is 11.3 Å². The number of fused-ring (bicyclic) bond motifs is 1. The van der Waals surface area contributed by atoms with Crippen LogP contribution in [0.25, 0.3) is 11.0 Å². The summed E-state index contributed by atoms with van der Waals surface area (Å²) in [5, 5.41) is 28.5. The third-order valence-corrected chi connectivity index (χ3v) is 2.52. The van der Waals surface area contributed by atoms with Crippen molar-refractivity contribution < 1.29 is 19.7 Å². The van der Waals surface area contributed by atoms with Gasteiger partial charge in [-0.25, -0.2) is 4.79 Å². The van der Waals surface area contributed by atoms with Gasteiger partial charge in [-0.05, 0) is 18.2 Å². The molecular formula is C12H12O5. The minimum Gasteiger partial charge on any atom is -0.508 e. The fraction of sp³-hybridized carbons (Fsp3) is 0.250. The van der Waals surface area contributed by atoms with E-state index in [4.69, 9.17) is 9.52 Å². The Morgan fingerprint density at radius 1 is 1.24 bits per heavy atom. The first kappa shape index (κ1) is 11.6. The summed E-state index contributed by atoms with van der Waals surface area (Å²) in [7, 11) is 0. The number of benzene rings is 1. The maximum absolute atomic E-state index is 11.1. The predicted octanol–water partition coefficient (Wildman–Crippen LogP) is 0.394. The van der Waals surface area contributed by atoms with Gasteiger partial charge in [-0.15, -0.1) is 0 Å². The Kier molecular flexibility index (Phi) is 3.12. The molecule has 0 amide bonds. The number of aliphatic hydroxyl groups is 2. The molecular weight excluding hydrogens is 224 g/mol. The van der Waals surface area contributed by atoms with Crippen LogP contribution in [0.15, 0.2) is 33.5 Å². The van der Waals surface area contributed by atoms with Crippen molar-refractivity contribution >= 4 is 11.0 Å². The zero-order valence-electron chi connectivity index (χ0n) is 8.96. The van der Waals surface area contributed by atoms with Crippen LogP contribution >= 0.6 is 0 Å². The molecule has 1 heterocycles. The van der Waals surface area contributed by atoms with E-state index in [2.05, 4.69) is 0 Å². The first-order valence-corrected chi connectivity index (χ1v) is 5.15. The van der Waals surface area contributed by atoms with Crippen molar-refractivity contribution in [3.8, 4) is 5.75 Å². The summed E-state index contributed by atoms with van der Waals surface area (Å²) >= 11 is 0. The molecule has 1 unspecified atom stereocenters. The summed E-state index contributed by atoms with van der Waals surface area (Å²) in [6.07, 6.45) is -0.982. The SMILES string of the molecule is O=c1ccc2ccc(O)c(CC(O)CO)c2o1. The second-order valence-corrected chi connectivity index (χ2v) is 3.78. The van der Waals surface area contributed by atoms with E-state index in [-0.39, 0.29) is 17.8 Å². The lowest BCUT2D eigenvalue weighted by Gasteiger charge is -2.10. The first-order valence-electron chi connectivity index (χ1n) is 5.15. The van der Waals surface area contributed by atoms with Crippen LogP contribution in [0.1, 0.15) is 5.56 Å². The van der Waals surface area contributed by atoms with Gasteiger partial charge in [0.2, 0.25) is 0 Å². The average Bonchev–Trinajstić information content (AvgIpc) is 2.32. The van der Waals surface area contributed by atoms with Gasteiger partial charge in [-0.2, -0.15) is 0 Å². The van der Waals surface area contributed by atoms with Crippen molar-refractivity contribution in [1.82, 2.24) is 0 Å². The maximum Gasteiger partial charge on any atom is 0.336 e. The quantitative estimate of drug-likeness (QED) is 0.671. The van der Waals surface area contributed by atoms with E-state index in [1.54, 1.807) is 12.1 Å². The third kappa shape index (κ3) is 2.30. The molecule has 0 aliphatic carbocycles. The van der Waals surface area contributed by atoms with E-state index >= 15 is 0 Å². The highest BCUT2D eigenvalue weighted by molar-refractivity contribution is 5.81. The fourth-order valence-corrected chi connectivity index (χ4v) is 1.68. The molecule has 1 aromatic carbocycles. The Morgan fingerprint density at radius 2 is 1.94 bits per heavy atom. The summed E-state index contributed by atoms with van der Waals surface area (Å²) in [6, 6.07) is 5.94. The number of phenolic OH excluding ortho intramolecular Hbond substituents is 1. The average molecular weight is 236 g/mol. The van der Waals surface area contributed by atoms with Gasteiger partial charge in [-0.3, -0.25) is 0 Å². The molecule has 5 heteroatoms. The second-order valence-electron chi connectivity index (χ2n) is 3.78. The van der Waals surface area contributed by atoms with Crippen LogP contribution in [0, 0.1) is 0 Å². The Bertz CT molecular complexity index is 587. The molecule has 0 fully saturated rings. The van der Waals surface area contributed by atoms with Crippen LogP contribution in [0.4, 0.5) is 0 Å². The summed E-state index contributed by atoms with van der Waals surface area (Å²) in [5.41, 5.74) is 0.0367. The standard InChI is InChI=1S/C12H12O5/c13-6-8(14)5-9-10(15)3-1-7-2-4-11(16)17-12(7)9/h1-4,8,13-15H,5-6H2. The molecule has 1 aromatic heterocycles. The number of hydrogen-bond acceptors (Lipinski definition) is 5. The van der Waals surface area contributed by atoms with Gasteiger partial charge in [0.05, 0.1) is 12.7 Å². The minimum atomic E-state index is -1.00. The molecule has 0 aliphatic heterocycles. The van der Waals surface area contributed by atoms with Crippen molar-refractivity contribution in [3.05, 3.63) is 40.2 Å². The van der Waals surface area contributed by atoms with Gasteiger partial charge < -0.3 is 19.7 Å². The lowest BCUT2D eigenvalue weighted by Crippen LogP contribution is -2.15. The highest BCUT2D eigenvalue weighted by Crippen LogP contribution is 2.27. The lowest BCUT2D eigenvalue weighted by molar-refractivity contribution is 0.0950. The smallest absolute Gasteiger partial charge is 0.336 e. The first-order chi connectivity index (χ1) is 8.11. The molecule has 0 saturated carbocycles. The topological polar surface area (TPSA) is 90.9 Å². The lowest BCUT2D eigenvalue weighted by atomic mass is 10.0. The highest BCUT2D eigenvalue weighted by atomic mass is 16.4. The molecule has 1 atom stereocenters. The van der Waals surface area contributed by atoms with Gasteiger partial charge in [0.25, 0.3) is 0 Å². The van der Waals surface area contributed by atoms with Crippen molar-refractivity contribution in [1.29, 1.82) is 0 Å². The Hall–Kier alpha value is -1.85. The highest BCUT2D eigenvalue weighted by Gasteiger charge is 2.14. The van der Waals surface area contributed by atoms with Crippen LogP contribution in [0.2, 0.25) is 0 Å². The van der Waals surface area contributed by atoms with Crippen LogP contribution in [0.5, 0.6) is 5.75 Å². The van der Waals surface area contributed by atoms with Crippen molar-refractivity contribution in [3.63, 3.8) is 0 Å². The van der Waals surface area contributed by atoms with Gasteiger partial charge in [-0.1, -0.05) is 0 Å². The van der Waals surface area contributed by atoms with E-state index in [9.17, 15) is 15.0 Å². The minimum absolute atomic E-state index is 0.0205. The Labute approximate surface area is 96.6 Å². The molecule has 0 saturated heterocycles. The van der Waals surface area contributed by atoms with Crippen LogP contribution < -0.4 is 5.63 Å². The monoisotopic (exact) mass is 236 g/mol. The molecule has 0 radical (unpaired) electrons. The molecule has 17 heavy (non-hydrogen) atoms. The Morgan fingerprint density at radius 3 is 2.65 bits per heavy atom. The maximum atomic E-state index is 11.1. The normalized spacial score (nSPS) is 12.8. The third-order valence-electron chi connectivity index (χ3n) is 2.52. The van der Waals surface area contributed by atoms with E-state index in [0.717, 1.165) is 0 Å². The number of phenols is 1. The molecule has 2 aromatic rings. The van der Waals surface area contributed by atoms with Crippen molar-refractivity contribution in [2.24, 2.45) is 0 Å². The number of aliphatic hydroxyl groups excluding tert-OH is 2. The van der Waals surface area contributed by atoms with Crippen LogP contribution in [-0.4, -0.2) is 28.0 Å². The van der Waals surface area contributed by atoms with Crippen molar-refractivity contribution in [2.75, 3.05) is 6.61 Å². The van der Waals surface area contributed by atoms with Gasteiger partial charge in [0, 0.05) is 23.4 Å². The van der Waals surface area contributed by atoms with E-state index in [0.29, 0.717) is 10.9 Å². The van der Waals surface area contributed by atoms with Crippen molar-refractivity contribution in [2.45, 2.75) is 12.5 Å². The summed E-state index contributed by atoms with van der Waals surface area (Å²) in [6.45, 7) is -0.424. The summed E-state index contributed by atoms with van der Waals surface area (Å²) in [4.78, 5) is 11.1. The Balaban J connectivity index is 2.62. The molecule has 3 N–H and O–H groups in total. The van der Waals surface area contributed by atoms with E-state index in [1.807, 2.05) is 0 Å². The predicted molar refractivity (Wildman–Crippen MR) is 60.9 cm³/mol. The molecule has 0 aliphatic rings. The van der Waals surface area contributed by atoms with E-state index in [1.165, 1.54) is 12.1 Å². The largest absolute Gasteiger partial charge is 0.508 e. The molecule has 2 rings (SSSR count). The zero-order chi connectivity index (χ0) is 12.4. The number of hydrogen-bond donors (Lipinski definition) is 3. The molecule has 0 bridgehead atoms. The number of aromatic hydroxyl groups is 1. The number of rotatable bonds is 3. The molecule has 0 spiro atoms. The summed E-state index contributed by atoms with van der Waals surface area (Å²) < 4.78 is 5.01. The van der Waals surface area contributed by atoms with Gasteiger partial charge in [0.15, 0.2) is 0 Å². The van der Waals surface area contributed by atoms with Gasteiger partial charge >= 0.3 is 5.63 Å². The zero-order valence-corrected chi connectivity index (χ0v) is 8.96.